The first-order chi connectivity index (χ1) is 10.2. The number of hydrogen-bond acceptors (Lipinski definition) is 4. The van der Waals surface area contributed by atoms with Crippen molar-refractivity contribution in [2.75, 3.05) is 13.2 Å². The van der Waals surface area contributed by atoms with Crippen molar-refractivity contribution in [2.45, 2.75) is 17.6 Å². The van der Waals surface area contributed by atoms with E-state index >= 15 is 0 Å². The highest BCUT2D eigenvalue weighted by Gasteiger charge is 2.11. The maximum absolute atomic E-state index is 11.2. The average molecular weight is 300 g/mol. The number of fused-ring (bicyclic) bond motifs is 1. The molecule has 1 aliphatic heterocycles. The van der Waals surface area contributed by atoms with Crippen LogP contribution in [0.15, 0.2) is 47.4 Å². The lowest BCUT2D eigenvalue weighted by atomic mass is 10.2. The maximum atomic E-state index is 11.2. The Hall–Kier alpha value is -1.94. The molecule has 3 nitrogen and oxygen atoms in total. The molecule has 0 aliphatic carbocycles. The van der Waals surface area contributed by atoms with Gasteiger partial charge in [-0.2, -0.15) is 0 Å². The van der Waals surface area contributed by atoms with Gasteiger partial charge in [0.15, 0.2) is 17.3 Å². The van der Waals surface area contributed by atoms with Gasteiger partial charge < -0.3 is 9.47 Å². The van der Waals surface area contributed by atoms with Crippen LogP contribution >= 0.6 is 11.8 Å². The Labute approximate surface area is 128 Å². The minimum atomic E-state index is 0.0957. The number of Topliss-reactive ketones (excluding diaryl/α,β-unsaturated/α-hetero) is 1. The smallest absolute Gasteiger partial charge is 0.161 e. The zero-order valence-electron chi connectivity index (χ0n) is 11.8. The molecule has 0 atom stereocenters. The van der Waals surface area contributed by atoms with Crippen LogP contribution in [0, 0.1) is 0 Å². The van der Waals surface area contributed by atoms with Crippen LogP contribution < -0.4 is 9.47 Å². The second kappa shape index (κ2) is 6.22. The Balaban J connectivity index is 1.65. The molecule has 0 aromatic heterocycles. The normalized spacial score (nSPS) is 13.0. The zero-order valence-corrected chi connectivity index (χ0v) is 12.6. The number of benzene rings is 2. The van der Waals surface area contributed by atoms with Gasteiger partial charge >= 0.3 is 0 Å². The molecular weight excluding hydrogens is 284 g/mol. The fourth-order valence-corrected chi connectivity index (χ4v) is 2.97. The third kappa shape index (κ3) is 3.39. The molecule has 3 rings (SSSR count). The molecule has 2 aromatic rings. The summed E-state index contributed by atoms with van der Waals surface area (Å²) in [5.74, 6) is 2.60. The number of carbonyl (C=O) groups excluding carboxylic acids is 1. The van der Waals surface area contributed by atoms with Crippen molar-refractivity contribution in [3.8, 4) is 11.5 Å². The summed E-state index contributed by atoms with van der Waals surface area (Å²) < 4.78 is 11.1. The number of ether oxygens (including phenoxy) is 2. The quantitative estimate of drug-likeness (QED) is 0.632. The fraction of sp³-hybridized carbons (Fsp3) is 0.235. The van der Waals surface area contributed by atoms with E-state index in [0.717, 1.165) is 27.7 Å². The number of rotatable bonds is 4. The minimum absolute atomic E-state index is 0.0957. The average Bonchev–Trinajstić information content (AvgIpc) is 2.53. The molecule has 0 spiro atoms. The fourth-order valence-electron chi connectivity index (χ4n) is 2.13. The minimum Gasteiger partial charge on any atom is -0.486 e. The Morgan fingerprint density at radius 2 is 1.76 bits per heavy atom. The summed E-state index contributed by atoms with van der Waals surface area (Å²) in [7, 11) is 0. The number of hydrogen-bond donors (Lipinski definition) is 0. The molecule has 1 heterocycles. The van der Waals surface area contributed by atoms with Gasteiger partial charge in [-0.25, -0.2) is 0 Å². The van der Waals surface area contributed by atoms with Crippen molar-refractivity contribution in [3.63, 3.8) is 0 Å². The van der Waals surface area contributed by atoms with Crippen LogP contribution in [-0.2, 0) is 5.75 Å². The van der Waals surface area contributed by atoms with E-state index in [1.165, 1.54) is 5.56 Å². The summed E-state index contributed by atoms with van der Waals surface area (Å²) >= 11 is 1.74. The van der Waals surface area contributed by atoms with Gasteiger partial charge in [0.1, 0.15) is 13.2 Å². The van der Waals surface area contributed by atoms with E-state index in [-0.39, 0.29) is 5.78 Å². The number of ketones is 1. The molecule has 1 aliphatic rings. The van der Waals surface area contributed by atoms with Crippen molar-refractivity contribution < 1.29 is 14.3 Å². The SMILES string of the molecule is CC(=O)c1ccc(SCc2ccc3c(c2)OCCO3)cc1. The summed E-state index contributed by atoms with van der Waals surface area (Å²) in [6, 6.07) is 13.8. The molecule has 0 saturated carbocycles. The maximum Gasteiger partial charge on any atom is 0.161 e. The second-order valence-electron chi connectivity index (χ2n) is 4.85. The van der Waals surface area contributed by atoms with Crippen LogP contribution in [-0.4, -0.2) is 19.0 Å². The first-order valence-corrected chi connectivity index (χ1v) is 7.83. The molecule has 0 radical (unpaired) electrons. The van der Waals surface area contributed by atoms with Crippen molar-refractivity contribution in [3.05, 3.63) is 53.6 Å². The predicted octanol–water partition coefficient (Wildman–Crippen LogP) is 3.95. The summed E-state index contributed by atoms with van der Waals surface area (Å²) in [6.07, 6.45) is 0. The van der Waals surface area contributed by atoms with Gasteiger partial charge in [-0.1, -0.05) is 18.2 Å². The lowest BCUT2D eigenvalue weighted by Crippen LogP contribution is -2.15. The predicted molar refractivity (Wildman–Crippen MR) is 83.4 cm³/mol. The number of thioether (sulfide) groups is 1. The van der Waals surface area contributed by atoms with E-state index in [4.69, 9.17) is 9.47 Å². The highest BCUT2D eigenvalue weighted by Crippen LogP contribution is 2.33. The molecule has 0 saturated heterocycles. The van der Waals surface area contributed by atoms with Crippen molar-refractivity contribution in [2.24, 2.45) is 0 Å². The van der Waals surface area contributed by atoms with Crippen molar-refractivity contribution in [1.29, 1.82) is 0 Å². The number of carbonyl (C=O) groups is 1. The third-order valence-corrected chi connectivity index (χ3v) is 4.36. The molecule has 0 N–H and O–H groups in total. The molecule has 21 heavy (non-hydrogen) atoms. The topological polar surface area (TPSA) is 35.5 Å². The molecule has 0 amide bonds. The van der Waals surface area contributed by atoms with Gasteiger partial charge in [0.05, 0.1) is 0 Å². The molecule has 2 aromatic carbocycles. The van der Waals surface area contributed by atoms with Gasteiger partial charge in [0, 0.05) is 16.2 Å². The Bertz CT molecular complexity index is 650. The van der Waals surface area contributed by atoms with Crippen molar-refractivity contribution in [1.82, 2.24) is 0 Å². The Kier molecular flexibility index (Phi) is 4.15. The highest BCUT2D eigenvalue weighted by molar-refractivity contribution is 7.98. The Morgan fingerprint density at radius 3 is 2.48 bits per heavy atom. The van der Waals surface area contributed by atoms with Gasteiger partial charge in [0.25, 0.3) is 0 Å². The van der Waals surface area contributed by atoms with Crippen LogP contribution in [0.2, 0.25) is 0 Å². The second-order valence-corrected chi connectivity index (χ2v) is 5.90. The summed E-state index contributed by atoms with van der Waals surface area (Å²) in [5.41, 5.74) is 1.94. The summed E-state index contributed by atoms with van der Waals surface area (Å²) in [4.78, 5) is 12.4. The van der Waals surface area contributed by atoms with E-state index < -0.39 is 0 Å². The lowest BCUT2D eigenvalue weighted by molar-refractivity contribution is 0.101. The first kappa shape index (κ1) is 14.0. The van der Waals surface area contributed by atoms with Gasteiger partial charge in [-0.15, -0.1) is 11.8 Å². The largest absolute Gasteiger partial charge is 0.486 e. The van der Waals surface area contributed by atoms with Gasteiger partial charge in [-0.05, 0) is 36.8 Å². The van der Waals surface area contributed by atoms with Crippen LogP contribution in [0.5, 0.6) is 11.5 Å². The van der Waals surface area contributed by atoms with E-state index in [0.29, 0.717) is 13.2 Å². The third-order valence-electron chi connectivity index (χ3n) is 3.27. The Morgan fingerprint density at radius 1 is 1.05 bits per heavy atom. The lowest BCUT2D eigenvalue weighted by Gasteiger charge is -2.18. The molecular formula is C17H16O3S. The van der Waals surface area contributed by atoms with Gasteiger partial charge in [0.2, 0.25) is 0 Å². The van der Waals surface area contributed by atoms with Crippen LogP contribution in [0.3, 0.4) is 0 Å². The molecule has 0 fully saturated rings. The molecule has 108 valence electrons. The van der Waals surface area contributed by atoms with Crippen molar-refractivity contribution >= 4 is 17.5 Å². The summed E-state index contributed by atoms with van der Waals surface area (Å²) in [5, 5.41) is 0. The van der Waals surface area contributed by atoms with Gasteiger partial charge in [-0.3, -0.25) is 4.79 Å². The van der Waals surface area contributed by atoms with E-state index in [9.17, 15) is 4.79 Å². The van der Waals surface area contributed by atoms with Crippen LogP contribution in [0.25, 0.3) is 0 Å². The zero-order chi connectivity index (χ0) is 14.7. The van der Waals surface area contributed by atoms with E-state index in [1.807, 2.05) is 36.4 Å². The van der Waals surface area contributed by atoms with Crippen LogP contribution in [0.4, 0.5) is 0 Å². The highest BCUT2D eigenvalue weighted by atomic mass is 32.2. The molecule has 0 bridgehead atoms. The van der Waals surface area contributed by atoms with E-state index in [2.05, 4.69) is 6.07 Å². The van der Waals surface area contributed by atoms with Crippen LogP contribution in [0.1, 0.15) is 22.8 Å². The summed E-state index contributed by atoms with van der Waals surface area (Å²) in [6.45, 7) is 2.80. The first-order valence-electron chi connectivity index (χ1n) is 6.85. The standard InChI is InChI=1S/C17H16O3S/c1-12(18)14-3-5-15(6-4-14)21-11-13-2-7-16-17(10-13)20-9-8-19-16/h2-7,10H,8-9,11H2,1H3. The van der Waals surface area contributed by atoms with E-state index in [1.54, 1.807) is 18.7 Å². The molecule has 4 heteroatoms. The molecule has 0 unspecified atom stereocenters. The monoisotopic (exact) mass is 300 g/mol.